The van der Waals surface area contributed by atoms with Crippen molar-refractivity contribution in [1.29, 1.82) is 0 Å². The van der Waals surface area contributed by atoms with Gasteiger partial charge in [0, 0.05) is 17.9 Å². The first kappa shape index (κ1) is 116. The van der Waals surface area contributed by atoms with Gasteiger partial charge in [-0.15, -0.1) is 0 Å². The Morgan fingerprint density at radius 2 is 0.681 bits per heavy atom. The van der Waals surface area contributed by atoms with Crippen LogP contribution in [0.15, 0.2) is 175 Å². The molecular formula is C84H66Br12F10O28S4-4. The molecule has 0 aliphatic heterocycles. The smallest absolute Gasteiger partial charge is 0.426 e. The minimum Gasteiger partial charge on any atom is -0.748 e. The summed E-state index contributed by atoms with van der Waals surface area (Å²) < 4.78 is 310. The molecule has 0 bridgehead atoms. The summed E-state index contributed by atoms with van der Waals surface area (Å²) in [5.41, 5.74) is -0.307. The molecule has 8 aromatic rings. The third-order valence-electron chi connectivity index (χ3n) is 22.0. The van der Waals surface area contributed by atoms with E-state index in [4.69, 9.17) is 23.7 Å². The van der Waals surface area contributed by atoms with Crippen LogP contribution in [-0.2, 0) is 78.6 Å². The lowest BCUT2D eigenvalue weighted by atomic mass is 9.61. The van der Waals surface area contributed by atoms with Crippen molar-refractivity contribution in [1.82, 2.24) is 0 Å². The van der Waals surface area contributed by atoms with Crippen molar-refractivity contribution in [2.75, 3.05) is 11.5 Å². The zero-order chi connectivity index (χ0) is 103. The normalized spacial score (nSPS) is 19.5. The topological polar surface area (TPSA) is 439 Å². The summed E-state index contributed by atoms with van der Waals surface area (Å²) in [6, 6.07) is 30.2. The molecule has 12 unspecified atom stereocenters. The molecule has 0 spiro atoms. The van der Waals surface area contributed by atoms with Gasteiger partial charge in [-0.3, -0.25) is 19.2 Å². The first-order valence-electron chi connectivity index (χ1n) is 39.8. The van der Waals surface area contributed by atoms with Gasteiger partial charge in [-0.1, -0.05) is 113 Å². The van der Waals surface area contributed by atoms with Gasteiger partial charge < -0.3 is 56.1 Å². The molecule has 0 aromatic heterocycles. The van der Waals surface area contributed by atoms with Crippen LogP contribution in [0.4, 0.5) is 43.9 Å². The SMILES string of the molecule is CC(OC(=O)C1CCCC2C(C(=O)Oc3c(Br)cc(Br)cc3Br)CCCC12)C(F)(F)S(=O)(=O)[O-].CC(OC(=O)c1cccc2c(C(=O)Oc3c(Br)cc(Br)cc3Br)cccc12)C(F)(F)S(=O)(=O)[O-].O=C(Oc1c(Br)cc(Br)cc1Br)C1CCC2CC(C(=O)OC(CS(=O)(=O)[O-])C(F)(F)F)CCC2C1.O=C(Oc1c(Br)cc(Br)cc1Br)c1ccc2cc(C(=O)OC(CS(=O)(=O)[O-])C(F)(F)F)ccc2c1. The Balaban J connectivity index is 0.000000206. The van der Waals surface area contributed by atoms with Gasteiger partial charge in [0.1, 0.15) is 0 Å². The van der Waals surface area contributed by atoms with Gasteiger partial charge in [-0.2, -0.15) is 43.9 Å². The Morgan fingerprint density at radius 1 is 0.355 bits per heavy atom. The fourth-order valence-electron chi connectivity index (χ4n) is 15.5. The lowest BCUT2D eigenvalue weighted by Crippen LogP contribution is -2.46. The molecular weight excluding hydrogens is 2730 g/mol. The minimum atomic E-state index is -6.06. The van der Waals surface area contributed by atoms with E-state index in [2.05, 4.69) is 205 Å². The largest absolute Gasteiger partial charge is 0.748 e. The van der Waals surface area contributed by atoms with Gasteiger partial charge in [-0.05, 0) is 336 Å². The second-order valence-electron chi connectivity index (χ2n) is 31.4. The summed E-state index contributed by atoms with van der Waals surface area (Å²) in [5.74, 6) is -12.6. The van der Waals surface area contributed by atoms with Crippen LogP contribution in [-0.4, -0.2) is 158 Å². The maximum atomic E-state index is 13.8. The summed E-state index contributed by atoms with van der Waals surface area (Å²) in [5, 5.41) is -8.31. The highest BCUT2D eigenvalue weighted by Gasteiger charge is 2.53. The van der Waals surface area contributed by atoms with Crippen molar-refractivity contribution in [2.24, 2.45) is 47.3 Å². The van der Waals surface area contributed by atoms with Crippen molar-refractivity contribution in [2.45, 2.75) is 138 Å². The molecule has 4 aliphatic rings. The number of hydrogen-bond donors (Lipinski definition) is 0. The highest BCUT2D eigenvalue weighted by Crippen LogP contribution is 2.51. The van der Waals surface area contributed by atoms with E-state index in [0.29, 0.717) is 136 Å². The maximum absolute atomic E-state index is 13.8. The molecule has 138 heavy (non-hydrogen) atoms. The van der Waals surface area contributed by atoms with E-state index in [1.807, 2.05) is 0 Å². The van der Waals surface area contributed by atoms with Crippen LogP contribution in [0.2, 0.25) is 0 Å². The highest BCUT2D eigenvalue weighted by atomic mass is 79.9. The van der Waals surface area contributed by atoms with Crippen LogP contribution < -0.4 is 18.9 Å². The number of rotatable bonds is 24. The van der Waals surface area contributed by atoms with Crippen molar-refractivity contribution in [3.63, 3.8) is 0 Å². The van der Waals surface area contributed by atoms with Gasteiger partial charge in [0.2, 0.25) is 12.2 Å². The number of fused-ring (bicyclic) bond motifs is 4. The zero-order valence-corrected chi connectivity index (χ0v) is 92.1. The third kappa shape index (κ3) is 30.9. The Labute approximate surface area is 880 Å². The Kier molecular flexibility index (Phi) is 40.4. The number of alkyl halides is 10. The van der Waals surface area contributed by atoms with Gasteiger partial charge in [0.05, 0.1) is 113 Å². The second kappa shape index (κ2) is 47.9. The molecule has 4 fully saturated rings. The van der Waals surface area contributed by atoms with E-state index in [0.717, 1.165) is 24.0 Å². The molecule has 752 valence electrons. The van der Waals surface area contributed by atoms with Crippen LogP contribution in [0.1, 0.15) is 132 Å². The molecule has 0 saturated heterocycles. The molecule has 0 heterocycles. The first-order chi connectivity index (χ1) is 63.7. The van der Waals surface area contributed by atoms with Crippen molar-refractivity contribution in [3.8, 4) is 23.0 Å². The van der Waals surface area contributed by atoms with Gasteiger partial charge in [-0.25, -0.2) is 52.8 Å². The minimum absolute atomic E-state index is 0.0177. The maximum Gasteiger partial charge on any atom is 0.426 e. The quantitative estimate of drug-likeness (QED) is 0.0178. The van der Waals surface area contributed by atoms with E-state index >= 15 is 0 Å². The molecule has 54 heteroatoms. The summed E-state index contributed by atoms with van der Waals surface area (Å²) in [6.45, 7) is 1.28. The van der Waals surface area contributed by atoms with Crippen molar-refractivity contribution >= 4 is 301 Å². The molecule has 12 atom stereocenters. The average Bonchev–Trinajstić information content (AvgIpc) is 0.781. The Bertz CT molecular complexity index is 6420. The number of hydrogen-bond acceptors (Lipinski definition) is 28. The van der Waals surface area contributed by atoms with E-state index in [9.17, 15) is 134 Å². The van der Waals surface area contributed by atoms with Gasteiger partial charge in [0.25, 0.3) is 0 Å². The third-order valence-corrected chi connectivity index (χ3v) is 32.0. The van der Waals surface area contributed by atoms with Crippen LogP contribution >= 0.6 is 191 Å². The van der Waals surface area contributed by atoms with E-state index in [1.54, 1.807) is 48.5 Å². The number of benzene rings is 8. The van der Waals surface area contributed by atoms with Crippen LogP contribution in [0.3, 0.4) is 0 Å². The first-order valence-corrected chi connectivity index (χ1v) is 55.3. The van der Waals surface area contributed by atoms with Gasteiger partial charge >= 0.3 is 70.6 Å². The second-order valence-corrected chi connectivity index (χ2v) is 47.7. The van der Waals surface area contributed by atoms with Crippen LogP contribution in [0.5, 0.6) is 23.0 Å². The van der Waals surface area contributed by atoms with Crippen molar-refractivity contribution in [3.05, 3.63) is 197 Å². The van der Waals surface area contributed by atoms with E-state index in [1.165, 1.54) is 66.7 Å². The lowest BCUT2D eigenvalue weighted by Gasteiger charge is -2.44. The van der Waals surface area contributed by atoms with E-state index in [-0.39, 0.29) is 92.9 Å². The number of halogens is 22. The fraction of sp³-hybridized carbons (Fsp3) is 0.381. The van der Waals surface area contributed by atoms with Crippen LogP contribution in [0, 0.1) is 47.3 Å². The molecule has 4 aliphatic carbocycles. The number of esters is 8. The molecule has 12 rings (SSSR count). The summed E-state index contributed by atoms with van der Waals surface area (Å²) in [4.78, 5) is 101. The summed E-state index contributed by atoms with van der Waals surface area (Å²) in [6.07, 6.45) is -15.4. The van der Waals surface area contributed by atoms with Crippen molar-refractivity contribution < 1.29 is 172 Å². The monoisotopic (exact) mass is 2790 g/mol. The number of carbonyl (C=O) groups is 8. The lowest BCUT2D eigenvalue weighted by molar-refractivity contribution is -0.218. The molecule has 0 radical (unpaired) electrons. The Morgan fingerprint density at radius 3 is 1.05 bits per heavy atom. The predicted octanol–water partition coefficient (Wildman–Crippen LogP) is 23.5. The summed E-state index contributed by atoms with van der Waals surface area (Å²) >= 11 is 40.0. The zero-order valence-electron chi connectivity index (χ0n) is 69.8. The van der Waals surface area contributed by atoms with E-state index < -0.39 is 159 Å². The molecule has 8 aromatic carbocycles. The summed E-state index contributed by atoms with van der Waals surface area (Å²) in [7, 11) is -22.6. The fourth-order valence-corrected chi connectivity index (χ4v) is 27.3. The number of carbonyl (C=O) groups excluding carboxylic acids is 8. The molecule has 0 N–H and O–H groups in total. The Hall–Kier alpha value is -5.26. The average molecular weight is 2800 g/mol. The predicted molar refractivity (Wildman–Crippen MR) is 511 cm³/mol. The number of ether oxygens (including phenoxy) is 8. The van der Waals surface area contributed by atoms with Crippen LogP contribution in [0.25, 0.3) is 21.5 Å². The highest BCUT2D eigenvalue weighted by molar-refractivity contribution is 9.13. The molecule has 0 amide bonds. The van der Waals surface area contributed by atoms with Gasteiger partial charge in [0.15, 0.2) is 55.4 Å². The molecule has 4 saturated carbocycles. The standard InChI is InChI=1S/C21H22Br3F3O7S.C21H12Br3F3O7S.C21H23Br3F2O7S.C21H13Br3F2O7S/c2*22-14-7-15(23)18(16(24)8-14)34-20(29)13-4-2-10-5-12(3-1-11(10)6-13)19(28)33-17(21(25,26)27)9-35(30,31)32;2*1-10(21(25,26)34(29,30)31)32-19(27)14-6-2-5-13-12(14)4-3-7-15(13)20(28)33-18-16(23)8-11(22)9-17(18)24/h7-8,10-13,17H,1-6,9H2,(H,30,31,32);1-8,17H,9H2,(H,30,31,32);8-10,12-15H,2-7H2,1H3,(H,29,30,31);2-10H,1H3,(H,29,30,31)/p-4. The molecule has 28 nitrogen and oxygen atoms in total.